The number of hydrogen-bond donors (Lipinski definition) is 1. The highest BCUT2D eigenvalue weighted by Gasteiger charge is 2.27. The van der Waals surface area contributed by atoms with E-state index in [0.29, 0.717) is 0 Å². The molecule has 1 saturated carbocycles. The molecule has 2 atom stereocenters. The Hall–Kier alpha value is -0.350. The normalized spacial score (nSPS) is 23.2. The topological polar surface area (TPSA) is 29.9 Å². The lowest BCUT2D eigenvalue weighted by molar-refractivity contribution is 0.228. The maximum Gasteiger partial charge on any atom is 0.0766 e. The van der Waals surface area contributed by atoms with Crippen molar-refractivity contribution in [1.82, 2.24) is 15.1 Å². The Morgan fingerprint density at radius 2 is 1.95 bits per heavy atom. The monoisotopic (exact) mass is 341 g/mol. The number of nitrogens with one attached hydrogen (secondary N) is 1. The summed E-state index contributed by atoms with van der Waals surface area (Å²) in [5.74, 6) is 1.63. The van der Waals surface area contributed by atoms with Crippen LogP contribution in [-0.2, 0) is 19.4 Å². The van der Waals surface area contributed by atoms with Gasteiger partial charge in [-0.3, -0.25) is 4.68 Å². The molecule has 1 fully saturated rings. The number of halogens is 1. The predicted molar refractivity (Wildman–Crippen MR) is 88.1 cm³/mol. The van der Waals surface area contributed by atoms with Crippen molar-refractivity contribution in [1.29, 1.82) is 0 Å². The van der Waals surface area contributed by atoms with Crippen LogP contribution < -0.4 is 5.32 Å². The Kier molecular flexibility index (Phi) is 6.09. The SMILES string of the molecule is CCc1nn(CC)c(CC2CCCCC2CNC)c1Br. The third kappa shape index (κ3) is 3.45. The van der Waals surface area contributed by atoms with Crippen molar-refractivity contribution < 1.29 is 0 Å². The van der Waals surface area contributed by atoms with Crippen LogP contribution in [0.3, 0.4) is 0 Å². The highest BCUT2D eigenvalue weighted by atomic mass is 79.9. The van der Waals surface area contributed by atoms with E-state index in [1.165, 1.54) is 48.0 Å². The standard InChI is InChI=1S/C16H28BrN3/c1-4-14-16(17)15(20(5-2)19-14)10-12-8-6-7-9-13(12)11-18-3/h12-13,18H,4-11H2,1-3H3. The highest BCUT2D eigenvalue weighted by Crippen LogP contribution is 2.34. The molecule has 1 N–H and O–H groups in total. The molecule has 0 radical (unpaired) electrons. The van der Waals surface area contributed by atoms with E-state index in [0.717, 1.165) is 31.3 Å². The minimum atomic E-state index is 0.805. The minimum Gasteiger partial charge on any atom is -0.319 e. The summed E-state index contributed by atoms with van der Waals surface area (Å²) in [6.07, 6.45) is 7.72. The molecule has 0 amide bonds. The fourth-order valence-corrected chi connectivity index (χ4v) is 4.27. The summed E-state index contributed by atoms with van der Waals surface area (Å²) in [6, 6.07) is 0. The lowest BCUT2D eigenvalue weighted by Crippen LogP contribution is -2.30. The van der Waals surface area contributed by atoms with Crippen LogP contribution in [-0.4, -0.2) is 23.4 Å². The molecule has 2 rings (SSSR count). The lowest BCUT2D eigenvalue weighted by atomic mass is 9.77. The van der Waals surface area contributed by atoms with E-state index >= 15 is 0 Å². The van der Waals surface area contributed by atoms with Gasteiger partial charge < -0.3 is 5.32 Å². The van der Waals surface area contributed by atoms with Crippen LogP contribution in [0, 0.1) is 11.8 Å². The molecular formula is C16H28BrN3. The number of aromatic nitrogens is 2. The summed E-state index contributed by atoms with van der Waals surface area (Å²) in [4.78, 5) is 0. The summed E-state index contributed by atoms with van der Waals surface area (Å²) in [5.41, 5.74) is 2.63. The maximum atomic E-state index is 4.74. The van der Waals surface area contributed by atoms with Gasteiger partial charge in [0.05, 0.1) is 15.9 Å². The number of nitrogens with zero attached hydrogens (tertiary/aromatic N) is 2. The van der Waals surface area contributed by atoms with Crippen molar-refractivity contribution in [2.45, 2.75) is 58.9 Å². The van der Waals surface area contributed by atoms with E-state index < -0.39 is 0 Å². The van der Waals surface area contributed by atoms with Crippen LogP contribution in [0.15, 0.2) is 4.47 Å². The fourth-order valence-electron chi connectivity index (χ4n) is 3.54. The number of aryl methyl sites for hydroxylation is 2. The van der Waals surface area contributed by atoms with E-state index in [4.69, 9.17) is 5.10 Å². The smallest absolute Gasteiger partial charge is 0.0766 e. The van der Waals surface area contributed by atoms with Gasteiger partial charge in [-0.2, -0.15) is 5.10 Å². The van der Waals surface area contributed by atoms with Crippen molar-refractivity contribution >= 4 is 15.9 Å². The maximum absolute atomic E-state index is 4.74. The third-order valence-corrected chi connectivity index (χ3v) is 5.60. The average molecular weight is 342 g/mol. The molecule has 0 aliphatic heterocycles. The average Bonchev–Trinajstić information content (AvgIpc) is 2.77. The van der Waals surface area contributed by atoms with E-state index in [2.05, 4.69) is 46.8 Å². The second kappa shape index (κ2) is 7.60. The first-order valence-corrected chi connectivity index (χ1v) is 8.89. The van der Waals surface area contributed by atoms with Crippen molar-refractivity contribution in [3.63, 3.8) is 0 Å². The van der Waals surface area contributed by atoms with Gasteiger partial charge in [-0.25, -0.2) is 0 Å². The summed E-state index contributed by atoms with van der Waals surface area (Å²) in [7, 11) is 2.08. The molecule has 0 saturated heterocycles. The van der Waals surface area contributed by atoms with Gasteiger partial charge in [0.1, 0.15) is 0 Å². The molecule has 0 spiro atoms. The molecule has 114 valence electrons. The molecule has 1 aromatic heterocycles. The zero-order valence-electron chi connectivity index (χ0n) is 13.1. The molecule has 1 heterocycles. The van der Waals surface area contributed by atoms with Crippen LogP contribution in [0.4, 0.5) is 0 Å². The molecule has 0 aromatic carbocycles. The molecule has 1 aliphatic rings. The van der Waals surface area contributed by atoms with Crippen LogP contribution in [0.25, 0.3) is 0 Å². The molecule has 20 heavy (non-hydrogen) atoms. The van der Waals surface area contributed by atoms with Crippen molar-refractivity contribution in [2.75, 3.05) is 13.6 Å². The van der Waals surface area contributed by atoms with Crippen LogP contribution in [0.1, 0.15) is 50.9 Å². The Labute approximate surface area is 131 Å². The predicted octanol–water partition coefficient (Wildman–Crippen LogP) is 3.80. The number of hydrogen-bond acceptors (Lipinski definition) is 2. The lowest BCUT2D eigenvalue weighted by Gasteiger charge is -2.31. The molecular weight excluding hydrogens is 314 g/mol. The quantitative estimate of drug-likeness (QED) is 0.852. The second-order valence-electron chi connectivity index (χ2n) is 5.94. The van der Waals surface area contributed by atoms with E-state index in [-0.39, 0.29) is 0 Å². The van der Waals surface area contributed by atoms with Crippen molar-refractivity contribution in [3.8, 4) is 0 Å². The Bertz CT molecular complexity index is 426. The van der Waals surface area contributed by atoms with E-state index in [9.17, 15) is 0 Å². The largest absolute Gasteiger partial charge is 0.319 e. The van der Waals surface area contributed by atoms with Gasteiger partial charge in [0, 0.05) is 6.54 Å². The zero-order valence-corrected chi connectivity index (χ0v) is 14.7. The van der Waals surface area contributed by atoms with Crippen LogP contribution in [0.2, 0.25) is 0 Å². The summed E-state index contributed by atoms with van der Waals surface area (Å²) in [6.45, 7) is 6.50. The van der Waals surface area contributed by atoms with Crippen LogP contribution >= 0.6 is 15.9 Å². The van der Waals surface area contributed by atoms with Crippen LogP contribution in [0.5, 0.6) is 0 Å². The van der Waals surface area contributed by atoms with Gasteiger partial charge in [-0.1, -0.05) is 19.8 Å². The van der Waals surface area contributed by atoms with Crippen molar-refractivity contribution in [2.24, 2.45) is 11.8 Å². The molecule has 1 aliphatic carbocycles. The summed E-state index contributed by atoms with van der Waals surface area (Å²) < 4.78 is 3.46. The van der Waals surface area contributed by atoms with Gasteiger partial charge in [-0.05, 0) is 74.0 Å². The fraction of sp³-hybridized carbons (Fsp3) is 0.812. The first-order chi connectivity index (χ1) is 9.71. The van der Waals surface area contributed by atoms with Crippen molar-refractivity contribution in [3.05, 3.63) is 15.9 Å². The van der Waals surface area contributed by atoms with Gasteiger partial charge in [-0.15, -0.1) is 0 Å². The Morgan fingerprint density at radius 1 is 1.25 bits per heavy atom. The second-order valence-corrected chi connectivity index (χ2v) is 6.74. The minimum absolute atomic E-state index is 0.805. The van der Waals surface area contributed by atoms with E-state index in [1.54, 1.807) is 0 Å². The van der Waals surface area contributed by atoms with Gasteiger partial charge in [0.2, 0.25) is 0 Å². The third-order valence-electron chi connectivity index (χ3n) is 4.68. The molecule has 0 bridgehead atoms. The summed E-state index contributed by atoms with van der Waals surface area (Å²) >= 11 is 3.79. The van der Waals surface area contributed by atoms with Gasteiger partial charge in [0.25, 0.3) is 0 Å². The van der Waals surface area contributed by atoms with E-state index in [1.807, 2.05) is 0 Å². The van der Waals surface area contributed by atoms with Gasteiger partial charge >= 0.3 is 0 Å². The first kappa shape index (κ1) is 16.0. The molecule has 2 unspecified atom stereocenters. The zero-order chi connectivity index (χ0) is 14.5. The summed E-state index contributed by atoms with van der Waals surface area (Å²) in [5, 5.41) is 8.12. The van der Waals surface area contributed by atoms with Gasteiger partial charge in [0.15, 0.2) is 0 Å². The first-order valence-electron chi connectivity index (χ1n) is 8.09. The number of rotatable bonds is 6. The Morgan fingerprint density at radius 3 is 2.55 bits per heavy atom. The highest BCUT2D eigenvalue weighted by molar-refractivity contribution is 9.10. The Balaban J connectivity index is 2.17. The molecule has 4 heteroatoms. The molecule has 1 aromatic rings. The molecule has 3 nitrogen and oxygen atoms in total.